The Morgan fingerprint density at radius 2 is 1.76 bits per heavy atom. The summed E-state index contributed by atoms with van der Waals surface area (Å²) in [7, 11) is 0. The number of benzene rings is 1. The number of rotatable bonds is 5. The van der Waals surface area contributed by atoms with Crippen LogP contribution in [0.25, 0.3) is 0 Å². The van der Waals surface area contributed by atoms with Crippen molar-refractivity contribution in [1.29, 1.82) is 0 Å². The molecular weight excluding hydrogens is 421 g/mol. The number of aromatic nitrogens is 1. The Kier molecular flexibility index (Phi) is 7.11. The zero-order valence-electron chi connectivity index (χ0n) is 19.4. The third-order valence-electron chi connectivity index (χ3n) is 6.62. The van der Waals surface area contributed by atoms with E-state index < -0.39 is 5.82 Å². The maximum atomic E-state index is 14.4. The molecule has 33 heavy (non-hydrogen) atoms. The van der Waals surface area contributed by atoms with E-state index >= 15 is 0 Å². The minimum atomic E-state index is -0.407. The normalized spacial score (nSPS) is 17.2. The topological polar surface area (TPSA) is 68.8 Å². The van der Waals surface area contributed by atoms with Crippen molar-refractivity contribution < 1.29 is 14.0 Å². The fourth-order valence-corrected chi connectivity index (χ4v) is 4.37. The molecule has 4 rings (SSSR count). The third kappa shape index (κ3) is 5.61. The molecule has 1 aromatic heterocycles. The van der Waals surface area contributed by atoms with Crippen LogP contribution in [0.15, 0.2) is 36.5 Å². The maximum absolute atomic E-state index is 14.4. The average Bonchev–Trinajstić information content (AvgIpc) is 2.83. The van der Waals surface area contributed by atoms with E-state index in [1.807, 2.05) is 23.2 Å². The van der Waals surface area contributed by atoms with Crippen LogP contribution in [0.5, 0.6) is 0 Å². The summed E-state index contributed by atoms with van der Waals surface area (Å²) in [5, 5.41) is 2.96. The van der Waals surface area contributed by atoms with Gasteiger partial charge in [0.05, 0.1) is 5.69 Å². The lowest BCUT2D eigenvalue weighted by molar-refractivity contribution is 0.101. The van der Waals surface area contributed by atoms with Crippen LogP contribution in [0.2, 0.25) is 0 Å². The summed E-state index contributed by atoms with van der Waals surface area (Å²) in [5.41, 5.74) is 1.79. The van der Waals surface area contributed by atoms with Crippen LogP contribution in [0.3, 0.4) is 0 Å². The van der Waals surface area contributed by atoms with E-state index in [-0.39, 0.29) is 11.8 Å². The molecule has 1 aromatic carbocycles. The first-order chi connectivity index (χ1) is 15.9. The lowest BCUT2D eigenvalue weighted by atomic mass is 9.99. The van der Waals surface area contributed by atoms with Gasteiger partial charge in [-0.3, -0.25) is 4.79 Å². The smallest absolute Gasteiger partial charge is 0.317 e. The quantitative estimate of drug-likeness (QED) is 0.700. The zero-order chi connectivity index (χ0) is 23.4. The molecule has 8 heteroatoms. The second kappa shape index (κ2) is 10.2. The largest absolute Gasteiger partial charge is 0.366 e. The minimum Gasteiger partial charge on any atom is -0.366 e. The van der Waals surface area contributed by atoms with Crippen LogP contribution in [0, 0.1) is 11.7 Å². The van der Waals surface area contributed by atoms with Crippen molar-refractivity contribution in [2.24, 2.45) is 5.92 Å². The molecule has 176 valence electrons. The lowest BCUT2D eigenvalue weighted by Crippen LogP contribution is -2.51. The van der Waals surface area contributed by atoms with Crippen molar-refractivity contribution in [1.82, 2.24) is 15.2 Å². The highest BCUT2D eigenvalue weighted by Gasteiger charge is 2.23. The van der Waals surface area contributed by atoms with Gasteiger partial charge in [-0.25, -0.2) is 14.2 Å². The molecule has 0 saturated carbocycles. The van der Waals surface area contributed by atoms with Crippen LogP contribution in [-0.2, 0) is 6.54 Å². The molecule has 2 amide bonds. The summed E-state index contributed by atoms with van der Waals surface area (Å²) in [5.74, 6) is 1.21. The molecule has 2 fully saturated rings. The molecule has 0 spiro atoms. The molecule has 0 bridgehead atoms. The van der Waals surface area contributed by atoms with Crippen LogP contribution in [0.1, 0.15) is 42.6 Å². The first kappa shape index (κ1) is 23.0. The van der Waals surface area contributed by atoms with E-state index in [1.165, 1.54) is 25.8 Å². The van der Waals surface area contributed by atoms with E-state index in [0.29, 0.717) is 44.0 Å². The second-order valence-corrected chi connectivity index (χ2v) is 9.05. The Hall–Kier alpha value is -3.16. The summed E-state index contributed by atoms with van der Waals surface area (Å²) in [4.78, 5) is 34.6. The number of hydrogen-bond acceptors (Lipinski definition) is 5. The van der Waals surface area contributed by atoms with Crippen molar-refractivity contribution in [2.75, 3.05) is 49.1 Å². The van der Waals surface area contributed by atoms with E-state index in [0.717, 1.165) is 30.4 Å². The number of carbonyl (C=O) groups is 2. The number of carbonyl (C=O) groups excluding carboxylic acids is 2. The first-order valence-electron chi connectivity index (χ1n) is 11.7. The molecule has 0 radical (unpaired) electrons. The molecule has 2 aliphatic heterocycles. The number of piperazine rings is 1. The number of amides is 2. The predicted molar refractivity (Wildman–Crippen MR) is 127 cm³/mol. The zero-order valence-corrected chi connectivity index (χ0v) is 19.4. The number of ketones is 1. The number of nitrogens with zero attached hydrogens (tertiary/aromatic N) is 4. The van der Waals surface area contributed by atoms with Gasteiger partial charge in [-0.1, -0.05) is 13.0 Å². The minimum absolute atomic E-state index is 0.129. The Labute approximate surface area is 194 Å². The molecule has 0 aliphatic carbocycles. The van der Waals surface area contributed by atoms with Crippen molar-refractivity contribution in [3.05, 3.63) is 53.5 Å². The van der Waals surface area contributed by atoms with Gasteiger partial charge in [0.25, 0.3) is 0 Å². The van der Waals surface area contributed by atoms with Crippen molar-refractivity contribution in [3.8, 4) is 0 Å². The molecule has 1 N–H and O–H groups in total. The number of Topliss-reactive ketones (excluding diaryl/α,β-unsaturated/α-hetero) is 1. The van der Waals surface area contributed by atoms with Gasteiger partial charge in [0.15, 0.2) is 5.78 Å². The van der Waals surface area contributed by atoms with E-state index in [2.05, 4.69) is 22.1 Å². The van der Waals surface area contributed by atoms with Gasteiger partial charge < -0.3 is 20.0 Å². The second-order valence-electron chi connectivity index (χ2n) is 9.05. The van der Waals surface area contributed by atoms with Crippen LogP contribution in [-0.4, -0.2) is 61.0 Å². The molecule has 3 heterocycles. The number of anilines is 2. The summed E-state index contributed by atoms with van der Waals surface area (Å²) in [6.07, 6.45) is 4.23. The number of halogens is 1. The lowest BCUT2D eigenvalue weighted by Gasteiger charge is -2.36. The predicted octanol–water partition coefficient (Wildman–Crippen LogP) is 3.69. The van der Waals surface area contributed by atoms with Gasteiger partial charge in [-0.2, -0.15) is 0 Å². The Morgan fingerprint density at radius 3 is 2.36 bits per heavy atom. The molecule has 2 aromatic rings. The van der Waals surface area contributed by atoms with Crippen LogP contribution in [0.4, 0.5) is 20.7 Å². The molecule has 2 aliphatic rings. The monoisotopic (exact) mass is 453 g/mol. The number of hydrogen-bond donors (Lipinski definition) is 1. The Bertz CT molecular complexity index is 981. The van der Waals surface area contributed by atoms with Crippen LogP contribution < -0.4 is 15.1 Å². The molecule has 0 atom stereocenters. The van der Waals surface area contributed by atoms with Crippen molar-refractivity contribution in [2.45, 2.75) is 33.2 Å². The number of pyridine rings is 1. The van der Waals surface area contributed by atoms with Crippen molar-refractivity contribution >= 4 is 23.3 Å². The van der Waals surface area contributed by atoms with Gasteiger partial charge in [-0.15, -0.1) is 0 Å². The fourth-order valence-electron chi connectivity index (χ4n) is 4.37. The highest BCUT2D eigenvalue weighted by molar-refractivity contribution is 5.94. The Balaban J connectivity index is 1.24. The summed E-state index contributed by atoms with van der Waals surface area (Å²) < 4.78 is 14.4. The molecule has 2 saturated heterocycles. The molecule has 0 unspecified atom stereocenters. The first-order valence-corrected chi connectivity index (χ1v) is 11.7. The van der Waals surface area contributed by atoms with E-state index in [4.69, 9.17) is 0 Å². The highest BCUT2D eigenvalue weighted by atomic mass is 19.1. The molecule has 7 nitrogen and oxygen atoms in total. The fraction of sp³-hybridized carbons (Fsp3) is 0.480. The van der Waals surface area contributed by atoms with E-state index in [9.17, 15) is 14.0 Å². The SMILES string of the molecule is CC(=O)c1ccc(N2CCN(C(=O)NCc3ccc(N4CCC(C)CC4)nc3)CC2)c(F)c1. The number of urea groups is 1. The van der Waals surface area contributed by atoms with Gasteiger partial charge in [0.1, 0.15) is 11.6 Å². The summed E-state index contributed by atoms with van der Waals surface area (Å²) >= 11 is 0. The van der Waals surface area contributed by atoms with Crippen LogP contribution >= 0.6 is 0 Å². The van der Waals surface area contributed by atoms with E-state index in [1.54, 1.807) is 17.0 Å². The number of nitrogens with one attached hydrogen (secondary N) is 1. The molecular formula is C25H32FN5O2. The van der Waals surface area contributed by atoms with Crippen molar-refractivity contribution in [3.63, 3.8) is 0 Å². The third-order valence-corrected chi connectivity index (χ3v) is 6.62. The standard InChI is InChI=1S/C25H32FN5O2/c1-18-7-9-30(10-8-18)24-6-3-20(16-27-24)17-28-25(33)31-13-11-29(12-14-31)23-5-4-21(19(2)32)15-22(23)26/h3-6,15-16,18H,7-14,17H2,1-2H3,(H,28,33). The van der Waals surface area contributed by atoms with Gasteiger partial charge >= 0.3 is 6.03 Å². The average molecular weight is 454 g/mol. The van der Waals surface area contributed by atoms with Gasteiger partial charge in [0.2, 0.25) is 0 Å². The van der Waals surface area contributed by atoms with Gasteiger partial charge in [0, 0.05) is 57.6 Å². The summed E-state index contributed by atoms with van der Waals surface area (Å²) in [6, 6.07) is 8.49. The number of piperidine rings is 1. The van der Waals surface area contributed by atoms with Gasteiger partial charge in [-0.05, 0) is 55.5 Å². The maximum Gasteiger partial charge on any atom is 0.317 e. The summed E-state index contributed by atoms with van der Waals surface area (Å²) in [6.45, 7) is 8.30. The Morgan fingerprint density at radius 1 is 1.03 bits per heavy atom. The highest BCUT2D eigenvalue weighted by Crippen LogP contribution is 2.23.